The Morgan fingerprint density at radius 2 is 2.24 bits per heavy atom. The topological polar surface area (TPSA) is 38.0 Å². The average Bonchev–Trinajstić information content (AvgIpc) is 2.77. The Bertz CT molecular complexity index is 358. The molecule has 3 N–H and O–H groups in total. The van der Waals surface area contributed by atoms with Crippen molar-refractivity contribution >= 4 is 46.5 Å². The molecule has 0 aliphatic carbocycles. The number of thioether (sulfide) groups is 2. The number of nitrogens with two attached hydrogens (primary N) is 1. The molecule has 0 bridgehead atoms. The first kappa shape index (κ1) is 14.0. The maximum absolute atomic E-state index is 6.01. The number of hydrogen-bond acceptors (Lipinski definition) is 5. The minimum Gasteiger partial charge on any atom is -0.271 e. The minimum absolute atomic E-state index is 0.218. The normalized spacial score (nSPS) is 27.0. The van der Waals surface area contributed by atoms with E-state index in [4.69, 9.17) is 17.4 Å². The van der Waals surface area contributed by atoms with Crippen LogP contribution in [0, 0.1) is 0 Å². The van der Waals surface area contributed by atoms with Crippen molar-refractivity contribution in [1.29, 1.82) is 0 Å². The van der Waals surface area contributed by atoms with Crippen molar-refractivity contribution in [1.82, 2.24) is 5.43 Å². The molecule has 1 aromatic heterocycles. The molecule has 1 aliphatic rings. The zero-order valence-electron chi connectivity index (χ0n) is 9.69. The molecule has 0 radical (unpaired) electrons. The lowest BCUT2D eigenvalue weighted by Gasteiger charge is -2.35. The summed E-state index contributed by atoms with van der Waals surface area (Å²) in [6, 6.07) is 4.26. The van der Waals surface area contributed by atoms with Gasteiger partial charge in [-0.2, -0.15) is 23.5 Å². The average molecular weight is 309 g/mol. The summed E-state index contributed by atoms with van der Waals surface area (Å²) in [5.74, 6) is 8.22. The fraction of sp³-hybridized carbons (Fsp3) is 0.636. The van der Waals surface area contributed by atoms with Gasteiger partial charge in [-0.1, -0.05) is 18.5 Å². The molecule has 3 atom stereocenters. The van der Waals surface area contributed by atoms with E-state index in [1.165, 1.54) is 22.8 Å². The molecule has 0 spiro atoms. The Morgan fingerprint density at radius 1 is 1.47 bits per heavy atom. The van der Waals surface area contributed by atoms with E-state index >= 15 is 0 Å². The Labute approximate surface area is 120 Å². The maximum Gasteiger partial charge on any atom is 0.0931 e. The summed E-state index contributed by atoms with van der Waals surface area (Å²) >= 11 is 11.7. The number of thiophene rings is 1. The molecule has 0 amide bonds. The molecule has 0 saturated carbocycles. The standard InChI is InChI=1S/C11H17ClN2S3/c1-2-7-11(16-6-5-15-7)10(14-13)8-3-4-9(12)17-8/h3-4,7,10-11,14H,2,5-6,13H2,1H3. The van der Waals surface area contributed by atoms with Gasteiger partial charge in [-0.05, 0) is 18.6 Å². The Morgan fingerprint density at radius 3 is 2.82 bits per heavy atom. The third-order valence-corrected chi connectivity index (χ3v) is 7.57. The van der Waals surface area contributed by atoms with Gasteiger partial charge in [0.2, 0.25) is 0 Å². The van der Waals surface area contributed by atoms with Gasteiger partial charge in [-0.3, -0.25) is 11.3 Å². The summed E-state index contributed by atoms with van der Waals surface area (Å²) < 4.78 is 0.835. The van der Waals surface area contributed by atoms with Crippen molar-refractivity contribution in [3.63, 3.8) is 0 Å². The van der Waals surface area contributed by atoms with Crippen molar-refractivity contribution in [2.75, 3.05) is 11.5 Å². The van der Waals surface area contributed by atoms with Crippen molar-refractivity contribution in [2.24, 2.45) is 5.84 Å². The van der Waals surface area contributed by atoms with Gasteiger partial charge < -0.3 is 0 Å². The SMILES string of the molecule is CCC1SCCSC1C(NN)c1ccc(Cl)s1. The number of hydrazine groups is 1. The summed E-state index contributed by atoms with van der Waals surface area (Å²) in [6.45, 7) is 2.26. The van der Waals surface area contributed by atoms with Crippen molar-refractivity contribution in [2.45, 2.75) is 29.9 Å². The molecule has 96 valence electrons. The van der Waals surface area contributed by atoms with Crippen LogP contribution in [0.25, 0.3) is 0 Å². The second-order valence-electron chi connectivity index (χ2n) is 3.94. The Kier molecular flexibility index (Phi) is 5.51. The molecule has 17 heavy (non-hydrogen) atoms. The lowest BCUT2D eigenvalue weighted by Crippen LogP contribution is -2.41. The number of nitrogens with one attached hydrogen (secondary N) is 1. The molecule has 2 nitrogen and oxygen atoms in total. The van der Waals surface area contributed by atoms with Gasteiger partial charge in [0.05, 0.1) is 10.4 Å². The highest BCUT2D eigenvalue weighted by atomic mass is 35.5. The van der Waals surface area contributed by atoms with Gasteiger partial charge in [-0.15, -0.1) is 11.3 Å². The third-order valence-electron chi connectivity index (χ3n) is 2.90. The zero-order chi connectivity index (χ0) is 12.3. The van der Waals surface area contributed by atoms with Gasteiger partial charge in [0.1, 0.15) is 0 Å². The van der Waals surface area contributed by atoms with Crippen LogP contribution >= 0.6 is 46.5 Å². The molecule has 1 saturated heterocycles. The zero-order valence-corrected chi connectivity index (χ0v) is 12.9. The lowest BCUT2D eigenvalue weighted by atomic mass is 10.1. The van der Waals surface area contributed by atoms with Crippen LogP contribution in [0.5, 0.6) is 0 Å². The Hall–Kier alpha value is 0.610. The molecule has 3 unspecified atom stereocenters. The van der Waals surface area contributed by atoms with Gasteiger partial charge in [0.15, 0.2) is 0 Å². The van der Waals surface area contributed by atoms with E-state index in [9.17, 15) is 0 Å². The van der Waals surface area contributed by atoms with Crippen LogP contribution in [0.2, 0.25) is 4.34 Å². The highest BCUT2D eigenvalue weighted by Crippen LogP contribution is 2.41. The number of halogens is 1. The van der Waals surface area contributed by atoms with E-state index in [0.717, 1.165) is 4.34 Å². The smallest absolute Gasteiger partial charge is 0.0931 e. The van der Waals surface area contributed by atoms with E-state index in [2.05, 4.69) is 30.2 Å². The van der Waals surface area contributed by atoms with Gasteiger partial charge in [0.25, 0.3) is 0 Å². The number of rotatable bonds is 4. The largest absolute Gasteiger partial charge is 0.271 e. The van der Waals surface area contributed by atoms with Gasteiger partial charge in [0, 0.05) is 26.9 Å². The molecule has 2 rings (SSSR count). The van der Waals surface area contributed by atoms with Crippen molar-refractivity contribution < 1.29 is 0 Å². The van der Waals surface area contributed by atoms with Crippen LogP contribution in [0.3, 0.4) is 0 Å². The molecule has 1 aliphatic heterocycles. The quantitative estimate of drug-likeness (QED) is 0.659. The van der Waals surface area contributed by atoms with Crippen LogP contribution in [0.4, 0.5) is 0 Å². The molecule has 2 heterocycles. The highest BCUT2D eigenvalue weighted by Gasteiger charge is 2.33. The summed E-state index contributed by atoms with van der Waals surface area (Å²) in [6.07, 6.45) is 1.19. The van der Waals surface area contributed by atoms with E-state index in [0.29, 0.717) is 10.5 Å². The minimum atomic E-state index is 0.218. The van der Waals surface area contributed by atoms with E-state index in [-0.39, 0.29) is 6.04 Å². The second kappa shape index (κ2) is 6.68. The van der Waals surface area contributed by atoms with Crippen molar-refractivity contribution in [3.05, 3.63) is 21.3 Å². The Balaban J connectivity index is 2.16. The van der Waals surface area contributed by atoms with Crippen LogP contribution < -0.4 is 11.3 Å². The lowest BCUT2D eigenvalue weighted by molar-refractivity contribution is 0.521. The fourth-order valence-corrected chi connectivity index (χ4v) is 6.56. The fourth-order valence-electron chi connectivity index (χ4n) is 2.08. The van der Waals surface area contributed by atoms with Crippen LogP contribution in [0.15, 0.2) is 12.1 Å². The summed E-state index contributed by atoms with van der Waals surface area (Å²) in [5, 5.41) is 1.22. The molecule has 1 aromatic rings. The van der Waals surface area contributed by atoms with E-state index in [1.807, 2.05) is 17.8 Å². The summed E-state index contributed by atoms with van der Waals surface area (Å²) in [4.78, 5) is 1.25. The maximum atomic E-state index is 6.01. The highest BCUT2D eigenvalue weighted by molar-refractivity contribution is 8.07. The van der Waals surface area contributed by atoms with Crippen LogP contribution in [-0.2, 0) is 0 Å². The summed E-state index contributed by atoms with van der Waals surface area (Å²) in [7, 11) is 0. The van der Waals surface area contributed by atoms with Gasteiger partial charge >= 0.3 is 0 Å². The summed E-state index contributed by atoms with van der Waals surface area (Å²) in [5.41, 5.74) is 2.98. The van der Waals surface area contributed by atoms with Crippen LogP contribution in [-0.4, -0.2) is 22.0 Å². The molecular weight excluding hydrogens is 292 g/mol. The predicted octanol–water partition coefficient (Wildman–Crippen LogP) is 3.53. The molecule has 1 fully saturated rings. The van der Waals surface area contributed by atoms with E-state index < -0.39 is 0 Å². The van der Waals surface area contributed by atoms with E-state index in [1.54, 1.807) is 11.3 Å². The monoisotopic (exact) mass is 308 g/mol. The first-order valence-electron chi connectivity index (χ1n) is 5.70. The van der Waals surface area contributed by atoms with Crippen molar-refractivity contribution in [3.8, 4) is 0 Å². The molecule has 6 heteroatoms. The molecule has 0 aromatic carbocycles. The first-order valence-corrected chi connectivity index (χ1v) is 9.00. The predicted molar refractivity (Wildman–Crippen MR) is 82.2 cm³/mol. The first-order chi connectivity index (χ1) is 8.26. The van der Waals surface area contributed by atoms with Gasteiger partial charge in [-0.25, -0.2) is 0 Å². The second-order valence-corrected chi connectivity index (χ2v) is 8.32. The van der Waals surface area contributed by atoms with Crippen LogP contribution in [0.1, 0.15) is 24.3 Å². The number of hydrogen-bond donors (Lipinski definition) is 2. The third kappa shape index (κ3) is 3.33. The molecular formula is C11H17ClN2S3.